The number of nitrogens with zero attached hydrogens (tertiary/aromatic N) is 1. The van der Waals surface area contributed by atoms with Crippen molar-refractivity contribution < 1.29 is 4.79 Å². The zero-order chi connectivity index (χ0) is 14.1. The first-order chi connectivity index (χ1) is 9.67. The van der Waals surface area contributed by atoms with Crippen LogP contribution in [0.15, 0.2) is 42.5 Å². The Labute approximate surface area is 122 Å². The predicted molar refractivity (Wildman–Crippen MR) is 84.4 cm³/mol. The van der Waals surface area contributed by atoms with Gasteiger partial charge in [0.1, 0.15) is 5.01 Å². The van der Waals surface area contributed by atoms with Crippen molar-refractivity contribution in [3.8, 4) is 10.6 Å². The van der Waals surface area contributed by atoms with E-state index < -0.39 is 0 Å². The molecule has 1 aromatic heterocycles. The molecule has 0 bridgehead atoms. The van der Waals surface area contributed by atoms with E-state index in [9.17, 15) is 4.79 Å². The number of ketones is 1. The van der Waals surface area contributed by atoms with E-state index in [0.717, 1.165) is 28.1 Å². The van der Waals surface area contributed by atoms with Gasteiger partial charge in [-0.25, -0.2) is 4.98 Å². The molecule has 3 heteroatoms. The number of thiazole rings is 1. The van der Waals surface area contributed by atoms with Crippen LogP contribution in [0.2, 0.25) is 0 Å². The Kier molecular flexibility index (Phi) is 3.36. The van der Waals surface area contributed by atoms with E-state index in [1.165, 1.54) is 10.3 Å². The number of benzene rings is 2. The van der Waals surface area contributed by atoms with Crippen LogP contribution in [0.3, 0.4) is 0 Å². The fraction of sp³-hybridized carbons (Fsp3) is 0.176. The fourth-order valence-electron chi connectivity index (χ4n) is 2.16. The Bertz CT molecular complexity index is 771. The molecule has 0 aliphatic rings. The summed E-state index contributed by atoms with van der Waals surface area (Å²) < 4.78 is 1.22. The average Bonchev–Trinajstić information content (AvgIpc) is 2.90. The third-order valence-corrected chi connectivity index (χ3v) is 4.47. The molecule has 0 N–H and O–H groups in total. The number of fused-ring (bicyclic) bond motifs is 1. The Balaban J connectivity index is 2.03. The van der Waals surface area contributed by atoms with Crippen molar-refractivity contribution in [3.05, 3.63) is 53.6 Å². The Morgan fingerprint density at radius 3 is 2.55 bits per heavy atom. The van der Waals surface area contributed by atoms with Crippen LogP contribution in [0.25, 0.3) is 20.8 Å². The summed E-state index contributed by atoms with van der Waals surface area (Å²) in [6.07, 6.45) is 1.04. The number of rotatable bonds is 3. The lowest BCUT2D eigenvalue weighted by atomic mass is 10.1. The standard InChI is InChI=1S/C17H15NOS/c1-3-12-4-9-15-16(10-12)20-17(18-15)14-7-5-13(6-8-14)11(2)19/h4-10H,3H2,1-2H3. The summed E-state index contributed by atoms with van der Waals surface area (Å²) in [5, 5.41) is 1.00. The van der Waals surface area contributed by atoms with Gasteiger partial charge in [-0.2, -0.15) is 0 Å². The quantitative estimate of drug-likeness (QED) is 0.650. The molecule has 0 aliphatic carbocycles. The van der Waals surface area contributed by atoms with Crippen LogP contribution in [-0.4, -0.2) is 10.8 Å². The number of hydrogen-bond acceptors (Lipinski definition) is 3. The van der Waals surface area contributed by atoms with E-state index in [1.54, 1.807) is 18.3 Å². The second-order valence-electron chi connectivity index (χ2n) is 4.81. The molecule has 0 atom stereocenters. The molecule has 0 spiro atoms. The van der Waals surface area contributed by atoms with Gasteiger partial charge in [0.15, 0.2) is 5.78 Å². The van der Waals surface area contributed by atoms with Crippen LogP contribution in [0.1, 0.15) is 29.8 Å². The van der Waals surface area contributed by atoms with E-state index in [2.05, 4.69) is 30.1 Å². The lowest BCUT2D eigenvalue weighted by molar-refractivity contribution is 0.101. The molecule has 1 heterocycles. The SMILES string of the molecule is CCc1ccc2nc(-c3ccc(C(C)=O)cc3)sc2c1. The van der Waals surface area contributed by atoms with Crippen LogP contribution in [0.4, 0.5) is 0 Å². The van der Waals surface area contributed by atoms with Gasteiger partial charge < -0.3 is 0 Å². The number of Topliss-reactive ketones (excluding diaryl/α,β-unsaturated/α-hetero) is 1. The van der Waals surface area contributed by atoms with Crippen molar-refractivity contribution in [1.29, 1.82) is 0 Å². The molecule has 3 aromatic rings. The van der Waals surface area contributed by atoms with Crippen molar-refractivity contribution >= 4 is 27.3 Å². The van der Waals surface area contributed by atoms with Gasteiger partial charge in [-0.1, -0.05) is 37.3 Å². The summed E-state index contributed by atoms with van der Waals surface area (Å²) in [4.78, 5) is 16.0. The Morgan fingerprint density at radius 2 is 1.90 bits per heavy atom. The van der Waals surface area contributed by atoms with Crippen LogP contribution in [-0.2, 0) is 6.42 Å². The smallest absolute Gasteiger partial charge is 0.159 e. The summed E-state index contributed by atoms with van der Waals surface area (Å²) >= 11 is 1.70. The Hall–Kier alpha value is -2.00. The van der Waals surface area contributed by atoms with Crippen LogP contribution >= 0.6 is 11.3 Å². The van der Waals surface area contributed by atoms with Crippen molar-refractivity contribution in [2.24, 2.45) is 0 Å². The lowest BCUT2D eigenvalue weighted by Crippen LogP contribution is -1.90. The highest BCUT2D eigenvalue weighted by atomic mass is 32.1. The number of aromatic nitrogens is 1. The average molecular weight is 281 g/mol. The van der Waals surface area contributed by atoms with Crippen molar-refractivity contribution in [3.63, 3.8) is 0 Å². The van der Waals surface area contributed by atoms with Gasteiger partial charge in [-0.3, -0.25) is 4.79 Å². The van der Waals surface area contributed by atoms with Gasteiger partial charge in [0, 0.05) is 11.1 Å². The molecular formula is C17H15NOS. The third-order valence-electron chi connectivity index (χ3n) is 3.40. The normalized spacial score (nSPS) is 10.9. The molecule has 0 saturated heterocycles. The largest absolute Gasteiger partial charge is 0.295 e. The van der Waals surface area contributed by atoms with Gasteiger partial charge in [0.05, 0.1) is 10.2 Å². The zero-order valence-corrected chi connectivity index (χ0v) is 12.3. The second-order valence-corrected chi connectivity index (χ2v) is 5.84. The monoisotopic (exact) mass is 281 g/mol. The van der Waals surface area contributed by atoms with Crippen molar-refractivity contribution in [2.45, 2.75) is 20.3 Å². The second kappa shape index (κ2) is 5.17. The fourth-order valence-corrected chi connectivity index (χ4v) is 3.19. The summed E-state index contributed by atoms with van der Waals surface area (Å²) in [6.45, 7) is 3.74. The van der Waals surface area contributed by atoms with Crippen LogP contribution < -0.4 is 0 Å². The highest BCUT2D eigenvalue weighted by Crippen LogP contribution is 2.31. The first-order valence-corrected chi connectivity index (χ1v) is 7.50. The third kappa shape index (κ3) is 2.37. The summed E-state index contributed by atoms with van der Waals surface area (Å²) in [5.74, 6) is 0.0911. The molecule has 20 heavy (non-hydrogen) atoms. The van der Waals surface area contributed by atoms with E-state index in [4.69, 9.17) is 0 Å². The number of carbonyl (C=O) groups is 1. The zero-order valence-electron chi connectivity index (χ0n) is 11.5. The highest BCUT2D eigenvalue weighted by Gasteiger charge is 2.07. The van der Waals surface area contributed by atoms with Gasteiger partial charge in [-0.05, 0) is 31.0 Å². The molecule has 0 unspecified atom stereocenters. The molecule has 2 nitrogen and oxygen atoms in total. The van der Waals surface area contributed by atoms with Crippen molar-refractivity contribution in [1.82, 2.24) is 4.98 Å². The maximum absolute atomic E-state index is 11.3. The number of aryl methyl sites for hydroxylation is 1. The predicted octanol–water partition coefficient (Wildman–Crippen LogP) is 4.73. The van der Waals surface area contributed by atoms with Gasteiger partial charge >= 0.3 is 0 Å². The van der Waals surface area contributed by atoms with E-state index in [0.29, 0.717) is 0 Å². The molecule has 0 fully saturated rings. The van der Waals surface area contributed by atoms with Crippen LogP contribution in [0.5, 0.6) is 0 Å². The molecule has 0 radical (unpaired) electrons. The molecular weight excluding hydrogens is 266 g/mol. The number of carbonyl (C=O) groups excluding carboxylic acids is 1. The lowest BCUT2D eigenvalue weighted by Gasteiger charge is -1.97. The van der Waals surface area contributed by atoms with Gasteiger partial charge in [0.25, 0.3) is 0 Å². The summed E-state index contributed by atoms with van der Waals surface area (Å²) in [7, 11) is 0. The minimum absolute atomic E-state index is 0.0911. The first kappa shape index (κ1) is 13.0. The minimum Gasteiger partial charge on any atom is -0.295 e. The molecule has 0 saturated carbocycles. The van der Waals surface area contributed by atoms with Gasteiger partial charge in [0.2, 0.25) is 0 Å². The molecule has 2 aromatic carbocycles. The van der Waals surface area contributed by atoms with E-state index in [1.807, 2.05) is 24.3 Å². The summed E-state index contributed by atoms with van der Waals surface area (Å²) in [5.41, 5.74) is 4.18. The molecule has 3 rings (SSSR count). The first-order valence-electron chi connectivity index (χ1n) is 6.68. The molecule has 0 amide bonds. The van der Waals surface area contributed by atoms with E-state index in [-0.39, 0.29) is 5.78 Å². The Morgan fingerprint density at radius 1 is 1.15 bits per heavy atom. The van der Waals surface area contributed by atoms with E-state index >= 15 is 0 Å². The van der Waals surface area contributed by atoms with Crippen LogP contribution in [0, 0.1) is 0 Å². The molecule has 100 valence electrons. The van der Waals surface area contributed by atoms with Gasteiger partial charge in [-0.15, -0.1) is 11.3 Å². The summed E-state index contributed by atoms with van der Waals surface area (Å²) in [6, 6.07) is 14.1. The molecule has 0 aliphatic heterocycles. The topological polar surface area (TPSA) is 30.0 Å². The maximum Gasteiger partial charge on any atom is 0.159 e. The maximum atomic E-state index is 11.3. The highest BCUT2D eigenvalue weighted by molar-refractivity contribution is 7.21. The van der Waals surface area contributed by atoms with Crippen molar-refractivity contribution in [2.75, 3.05) is 0 Å². The number of hydrogen-bond donors (Lipinski definition) is 0. The minimum atomic E-state index is 0.0911.